The molecule has 10 heteroatoms. The molecule has 30 heavy (non-hydrogen) atoms. The summed E-state index contributed by atoms with van der Waals surface area (Å²) in [6, 6.07) is 6.70. The third kappa shape index (κ3) is 3.49. The number of carbonyl (C=O) groups is 1. The first-order valence-electron chi connectivity index (χ1n) is 8.62. The lowest BCUT2D eigenvalue weighted by Crippen LogP contribution is -2.46. The van der Waals surface area contributed by atoms with E-state index in [1.54, 1.807) is 0 Å². The van der Waals surface area contributed by atoms with Crippen LogP contribution >= 0.6 is 0 Å². The number of benzene rings is 2. The van der Waals surface area contributed by atoms with Gasteiger partial charge >= 0.3 is 12.1 Å². The van der Waals surface area contributed by atoms with E-state index in [4.69, 9.17) is 4.74 Å². The van der Waals surface area contributed by atoms with Gasteiger partial charge in [0.15, 0.2) is 21.5 Å². The number of hydrogen-bond donors (Lipinski definition) is 0. The summed E-state index contributed by atoms with van der Waals surface area (Å²) in [6.45, 7) is 1.17. The Bertz CT molecular complexity index is 1150. The van der Waals surface area contributed by atoms with Gasteiger partial charge in [-0.1, -0.05) is 25.1 Å². The summed E-state index contributed by atoms with van der Waals surface area (Å²) >= 11 is 0. The van der Waals surface area contributed by atoms with Crippen molar-refractivity contribution in [2.45, 2.75) is 30.0 Å². The van der Waals surface area contributed by atoms with Crippen LogP contribution in [-0.2, 0) is 19.4 Å². The number of rotatable bonds is 4. The van der Waals surface area contributed by atoms with Gasteiger partial charge in [0, 0.05) is 11.8 Å². The van der Waals surface area contributed by atoms with Crippen molar-refractivity contribution >= 4 is 27.0 Å². The zero-order valence-corrected chi connectivity index (χ0v) is 16.5. The molecule has 160 valence electrons. The van der Waals surface area contributed by atoms with Crippen LogP contribution in [0.1, 0.15) is 24.5 Å². The fourth-order valence-electron chi connectivity index (χ4n) is 3.37. The Balaban J connectivity index is 2.36. The predicted octanol–water partition coefficient (Wildman–Crippen LogP) is 4.55. The zero-order valence-electron chi connectivity index (χ0n) is 15.7. The molecule has 2 aromatic carbocycles. The highest BCUT2D eigenvalue weighted by atomic mass is 32.2. The molecule has 1 atom stereocenters. The standard InChI is InChI=1S/C20H15F5O4S/c1-3-19(20(23,24)25)17(11-4-7-13(8-5-11)30(2,27)28)16(18(26)29-19)12-6-9-14(21)15(22)10-12/h4-10H,3H2,1-2H3. The summed E-state index contributed by atoms with van der Waals surface area (Å²) in [6.07, 6.45) is -4.77. The number of halogens is 5. The normalized spacial score (nSPS) is 19.9. The van der Waals surface area contributed by atoms with Gasteiger partial charge < -0.3 is 4.74 Å². The zero-order chi connectivity index (χ0) is 22.5. The first kappa shape index (κ1) is 21.9. The lowest BCUT2D eigenvalue weighted by molar-refractivity contribution is -0.242. The van der Waals surface area contributed by atoms with Crippen molar-refractivity contribution in [1.29, 1.82) is 0 Å². The van der Waals surface area contributed by atoms with Crippen LogP contribution in [0.5, 0.6) is 0 Å². The maximum atomic E-state index is 14.1. The maximum absolute atomic E-state index is 14.1. The quantitative estimate of drug-likeness (QED) is 0.511. The molecule has 2 aromatic rings. The van der Waals surface area contributed by atoms with Crippen LogP contribution in [0.4, 0.5) is 22.0 Å². The minimum Gasteiger partial charge on any atom is -0.441 e. The molecule has 0 saturated carbocycles. The lowest BCUT2D eigenvalue weighted by Gasteiger charge is -2.32. The Hall–Kier alpha value is -2.75. The molecule has 1 aliphatic heterocycles. The predicted molar refractivity (Wildman–Crippen MR) is 97.9 cm³/mol. The van der Waals surface area contributed by atoms with Gasteiger partial charge in [0.05, 0.1) is 10.5 Å². The van der Waals surface area contributed by atoms with Crippen molar-refractivity contribution in [1.82, 2.24) is 0 Å². The average molecular weight is 446 g/mol. The molecule has 0 saturated heterocycles. The van der Waals surface area contributed by atoms with E-state index in [0.717, 1.165) is 36.6 Å². The Morgan fingerprint density at radius 3 is 2.00 bits per heavy atom. The third-order valence-corrected chi connectivity index (χ3v) is 5.99. The summed E-state index contributed by atoms with van der Waals surface area (Å²) in [5, 5.41) is 0. The summed E-state index contributed by atoms with van der Waals surface area (Å²) in [4.78, 5) is 12.4. The van der Waals surface area contributed by atoms with Gasteiger partial charge in [-0.25, -0.2) is 22.0 Å². The molecule has 1 unspecified atom stereocenters. The molecule has 4 nitrogen and oxygen atoms in total. The van der Waals surface area contributed by atoms with Crippen LogP contribution in [0.15, 0.2) is 47.4 Å². The van der Waals surface area contributed by atoms with Crippen molar-refractivity contribution in [3.63, 3.8) is 0 Å². The van der Waals surface area contributed by atoms with Crippen LogP contribution in [0.2, 0.25) is 0 Å². The number of carbonyl (C=O) groups excluding carboxylic acids is 1. The molecule has 0 fully saturated rings. The number of alkyl halides is 3. The van der Waals surface area contributed by atoms with E-state index in [9.17, 15) is 35.2 Å². The van der Waals surface area contributed by atoms with E-state index in [-0.39, 0.29) is 16.0 Å². The molecule has 1 aliphatic rings. The van der Waals surface area contributed by atoms with Crippen molar-refractivity contribution < 1.29 is 39.9 Å². The number of ether oxygens (including phenoxy) is 1. The van der Waals surface area contributed by atoms with Gasteiger partial charge in [0.25, 0.3) is 0 Å². The summed E-state index contributed by atoms with van der Waals surface area (Å²) in [5.41, 5.74) is -4.61. The topological polar surface area (TPSA) is 60.4 Å². The molecular weight excluding hydrogens is 431 g/mol. The van der Waals surface area contributed by atoms with E-state index in [2.05, 4.69) is 0 Å². The molecule has 0 radical (unpaired) electrons. The molecule has 0 aliphatic carbocycles. The lowest BCUT2D eigenvalue weighted by atomic mass is 9.82. The van der Waals surface area contributed by atoms with Crippen LogP contribution in [0.25, 0.3) is 11.1 Å². The molecule has 1 heterocycles. The SMILES string of the molecule is CCC1(C(F)(F)F)OC(=O)C(c2ccc(F)c(F)c2)=C1c1ccc(S(C)(=O)=O)cc1. The van der Waals surface area contributed by atoms with Crippen molar-refractivity contribution in [2.75, 3.05) is 6.26 Å². The molecule has 0 N–H and O–H groups in total. The van der Waals surface area contributed by atoms with Gasteiger partial charge in [-0.05, 0) is 41.8 Å². The van der Waals surface area contributed by atoms with Crippen molar-refractivity contribution in [3.8, 4) is 0 Å². The summed E-state index contributed by atoms with van der Waals surface area (Å²) in [7, 11) is -3.62. The Kier molecular flexibility index (Phi) is 5.26. The third-order valence-electron chi connectivity index (χ3n) is 4.86. The molecule has 0 aromatic heterocycles. The molecular formula is C20H15F5O4S. The average Bonchev–Trinajstić information content (AvgIpc) is 2.97. The van der Waals surface area contributed by atoms with Crippen LogP contribution in [0.3, 0.4) is 0 Å². The first-order chi connectivity index (χ1) is 13.8. The number of esters is 1. The highest BCUT2D eigenvalue weighted by Gasteiger charge is 2.64. The van der Waals surface area contributed by atoms with Gasteiger partial charge in [-0.2, -0.15) is 13.2 Å². The Labute approximate surface area is 168 Å². The Morgan fingerprint density at radius 2 is 1.53 bits per heavy atom. The second kappa shape index (κ2) is 7.19. The molecule has 3 rings (SSSR count). The van der Waals surface area contributed by atoms with Crippen LogP contribution < -0.4 is 0 Å². The minimum absolute atomic E-state index is 0.132. The Morgan fingerprint density at radius 1 is 0.967 bits per heavy atom. The highest BCUT2D eigenvalue weighted by Crippen LogP contribution is 2.53. The van der Waals surface area contributed by atoms with E-state index in [1.165, 1.54) is 6.92 Å². The number of sulfone groups is 1. The number of cyclic esters (lactones) is 1. The van der Waals surface area contributed by atoms with E-state index in [0.29, 0.717) is 12.1 Å². The molecule has 0 bridgehead atoms. The monoisotopic (exact) mass is 446 g/mol. The van der Waals surface area contributed by atoms with Gasteiger partial charge in [0.2, 0.25) is 5.60 Å². The largest absolute Gasteiger partial charge is 0.441 e. The fraction of sp³-hybridized carbons (Fsp3) is 0.250. The minimum atomic E-state index is -5.03. The second-order valence-corrected chi connectivity index (χ2v) is 8.76. The van der Waals surface area contributed by atoms with Crippen LogP contribution in [-0.4, -0.2) is 32.4 Å². The van der Waals surface area contributed by atoms with Crippen LogP contribution in [0, 0.1) is 11.6 Å². The fourth-order valence-corrected chi connectivity index (χ4v) is 4.00. The van der Waals surface area contributed by atoms with Gasteiger partial charge in [-0.15, -0.1) is 0 Å². The first-order valence-corrected chi connectivity index (χ1v) is 10.5. The van der Waals surface area contributed by atoms with Crippen molar-refractivity contribution in [2.24, 2.45) is 0 Å². The highest BCUT2D eigenvalue weighted by molar-refractivity contribution is 7.90. The van der Waals surface area contributed by atoms with E-state index < -0.39 is 56.8 Å². The second-order valence-electron chi connectivity index (χ2n) is 6.74. The van der Waals surface area contributed by atoms with E-state index >= 15 is 0 Å². The molecule has 0 amide bonds. The van der Waals surface area contributed by atoms with E-state index in [1.807, 2.05) is 0 Å². The maximum Gasteiger partial charge on any atom is 0.432 e. The summed E-state index contributed by atoms with van der Waals surface area (Å²) in [5.74, 6) is -3.93. The van der Waals surface area contributed by atoms with Crippen molar-refractivity contribution in [3.05, 3.63) is 65.2 Å². The summed E-state index contributed by atoms with van der Waals surface area (Å²) < 4.78 is 97.4. The smallest absolute Gasteiger partial charge is 0.432 e. The number of hydrogen-bond acceptors (Lipinski definition) is 4. The molecule has 0 spiro atoms. The van der Waals surface area contributed by atoms with Gasteiger partial charge in [-0.3, -0.25) is 0 Å². The van der Waals surface area contributed by atoms with Gasteiger partial charge in [0.1, 0.15) is 0 Å².